The van der Waals surface area contributed by atoms with Gasteiger partial charge in [-0.2, -0.15) is 0 Å². The summed E-state index contributed by atoms with van der Waals surface area (Å²) in [5.74, 6) is 2.04. The average Bonchev–Trinajstić information content (AvgIpc) is 2.69. The van der Waals surface area contributed by atoms with Crippen molar-refractivity contribution in [2.75, 3.05) is 31.3 Å². The molecule has 0 saturated heterocycles. The van der Waals surface area contributed by atoms with Crippen molar-refractivity contribution in [2.45, 2.75) is 11.8 Å². The summed E-state index contributed by atoms with van der Waals surface area (Å²) in [5.41, 5.74) is 3.62. The fourth-order valence-corrected chi connectivity index (χ4v) is 3.47. The van der Waals surface area contributed by atoms with Gasteiger partial charge in [0.2, 0.25) is 0 Å². The second kappa shape index (κ2) is 9.44. The van der Waals surface area contributed by atoms with Crippen molar-refractivity contribution in [1.82, 2.24) is 4.98 Å². The smallest absolute Gasteiger partial charge is 0.127 e. The van der Waals surface area contributed by atoms with Gasteiger partial charge in [0.1, 0.15) is 11.6 Å². The number of aromatic hydroxyl groups is 1. The molecule has 4 nitrogen and oxygen atoms in total. The second-order valence-electron chi connectivity index (χ2n) is 6.02. The van der Waals surface area contributed by atoms with Crippen LogP contribution in [-0.4, -0.2) is 36.1 Å². The minimum atomic E-state index is 0.222. The summed E-state index contributed by atoms with van der Waals surface area (Å²) >= 11 is 1.83. The zero-order valence-electron chi connectivity index (χ0n) is 15.6. The van der Waals surface area contributed by atoms with Crippen molar-refractivity contribution in [3.63, 3.8) is 0 Å². The van der Waals surface area contributed by atoms with Crippen molar-refractivity contribution in [1.29, 1.82) is 0 Å². The highest BCUT2D eigenvalue weighted by Crippen LogP contribution is 2.33. The summed E-state index contributed by atoms with van der Waals surface area (Å²) in [4.78, 5) is 5.94. The van der Waals surface area contributed by atoms with Crippen LogP contribution in [0.25, 0.3) is 22.4 Å². The predicted molar refractivity (Wildman–Crippen MR) is 114 cm³/mol. The van der Waals surface area contributed by atoms with Crippen LogP contribution in [0.4, 0.5) is 5.82 Å². The van der Waals surface area contributed by atoms with E-state index in [9.17, 15) is 5.11 Å². The van der Waals surface area contributed by atoms with Crippen molar-refractivity contribution >= 4 is 17.6 Å². The lowest BCUT2D eigenvalue weighted by atomic mass is 10.0. The van der Waals surface area contributed by atoms with Crippen LogP contribution in [0.5, 0.6) is 5.75 Å². The molecule has 0 aliphatic rings. The SMILES string of the molecule is CCSc1ccc(-c2cc(NCCOC)nc(-c3ccccc3O)c2)cc1. The van der Waals surface area contributed by atoms with Gasteiger partial charge < -0.3 is 15.2 Å². The second-order valence-corrected chi connectivity index (χ2v) is 7.36. The van der Waals surface area contributed by atoms with Crippen LogP contribution in [0.3, 0.4) is 0 Å². The number of para-hydroxylation sites is 1. The number of ether oxygens (including phenoxy) is 1. The highest BCUT2D eigenvalue weighted by atomic mass is 32.2. The molecule has 0 aliphatic heterocycles. The van der Waals surface area contributed by atoms with E-state index >= 15 is 0 Å². The quantitative estimate of drug-likeness (QED) is 0.411. The molecule has 1 aromatic heterocycles. The van der Waals surface area contributed by atoms with Gasteiger partial charge in [0.05, 0.1) is 12.3 Å². The van der Waals surface area contributed by atoms with Crippen molar-refractivity contribution in [2.24, 2.45) is 0 Å². The maximum absolute atomic E-state index is 10.2. The molecule has 0 fully saturated rings. The predicted octanol–water partition coefficient (Wildman–Crippen LogP) is 5.29. The van der Waals surface area contributed by atoms with Crippen LogP contribution in [0, 0.1) is 0 Å². The van der Waals surface area contributed by atoms with Gasteiger partial charge in [-0.3, -0.25) is 0 Å². The molecule has 0 unspecified atom stereocenters. The lowest BCUT2D eigenvalue weighted by Gasteiger charge is -2.12. The third-order valence-electron chi connectivity index (χ3n) is 4.12. The van der Waals surface area contributed by atoms with E-state index in [1.165, 1.54) is 4.90 Å². The van der Waals surface area contributed by atoms with Gasteiger partial charge in [0, 0.05) is 24.1 Å². The molecule has 0 atom stereocenters. The lowest BCUT2D eigenvalue weighted by molar-refractivity contribution is 0.210. The molecule has 3 rings (SSSR count). The lowest BCUT2D eigenvalue weighted by Crippen LogP contribution is -2.09. The molecule has 0 aliphatic carbocycles. The summed E-state index contributed by atoms with van der Waals surface area (Å²) in [6, 6.07) is 19.8. The Kier molecular flexibility index (Phi) is 6.74. The first-order valence-corrected chi connectivity index (χ1v) is 9.96. The number of hydrogen-bond donors (Lipinski definition) is 2. The van der Waals surface area contributed by atoms with Crippen LogP contribution >= 0.6 is 11.8 Å². The molecule has 27 heavy (non-hydrogen) atoms. The van der Waals surface area contributed by atoms with Gasteiger partial charge in [-0.25, -0.2) is 4.98 Å². The number of phenols is 1. The number of nitrogens with one attached hydrogen (secondary N) is 1. The Hall–Kier alpha value is -2.50. The Balaban J connectivity index is 2.00. The highest BCUT2D eigenvalue weighted by molar-refractivity contribution is 7.99. The number of phenolic OH excluding ortho intramolecular Hbond substituents is 1. The molecule has 0 amide bonds. The number of benzene rings is 2. The number of thioether (sulfide) groups is 1. The number of anilines is 1. The fraction of sp³-hybridized carbons (Fsp3) is 0.227. The standard InChI is InChI=1S/C22H24N2O2S/c1-3-27-18-10-8-16(9-11-18)17-14-20(19-6-4-5-7-21(19)25)24-22(15-17)23-12-13-26-2/h4-11,14-15,25H,3,12-13H2,1-2H3,(H,23,24). The summed E-state index contributed by atoms with van der Waals surface area (Å²) in [5, 5.41) is 13.5. The summed E-state index contributed by atoms with van der Waals surface area (Å²) < 4.78 is 5.12. The van der Waals surface area contributed by atoms with Crippen molar-refractivity contribution in [3.05, 3.63) is 60.7 Å². The molecule has 0 spiro atoms. The Morgan fingerprint density at radius 2 is 1.81 bits per heavy atom. The molecule has 0 saturated carbocycles. The minimum Gasteiger partial charge on any atom is -0.507 e. The van der Waals surface area contributed by atoms with Crippen molar-refractivity contribution in [3.8, 4) is 28.1 Å². The molecule has 1 heterocycles. The van der Waals surface area contributed by atoms with E-state index in [1.807, 2.05) is 42.1 Å². The molecule has 0 bridgehead atoms. The molecular weight excluding hydrogens is 356 g/mol. The van der Waals surface area contributed by atoms with Crippen molar-refractivity contribution < 1.29 is 9.84 Å². The zero-order valence-corrected chi connectivity index (χ0v) is 16.4. The van der Waals surface area contributed by atoms with Gasteiger partial charge in [-0.05, 0) is 53.3 Å². The Labute approximate surface area is 164 Å². The molecule has 2 aromatic carbocycles. The van der Waals surface area contributed by atoms with E-state index in [2.05, 4.69) is 41.5 Å². The first kappa shape index (κ1) is 19.3. The maximum atomic E-state index is 10.2. The Bertz CT molecular complexity index is 882. The fourth-order valence-electron chi connectivity index (χ4n) is 2.81. The van der Waals surface area contributed by atoms with Crippen LogP contribution in [0.2, 0.25) is 0 Å². The topological polar surface area (TPSA) is 54.4 Å². The van der Waals surface area contributed by atoms with E-state index < -0.39 is 0 Å². The molecule has 140 valence electrons. The Morgan fingerprint density at radius 3 is 2.52 bits per heavy atom. The molecule has 3 aromatic rings. The van der Waals surface area contributed by atoms with E-state index in [4.69, 9.17) is 4.74 Å². The Morgan fingerprint density at radius 1 is 1.04 bits per heavy atom. The third-order valence-corrected chi connectivity index (χ3v) is 5.01. The highest BCUT2D eigenvalue weighted by Gasteiger charge is 2.10. The van der Waals surface area contributed by atoms with E-state index in [-0.39, 0.29) is 5.75 Å². The zero-order chi connectivity index (χ0) is 19.1. The minimum absolute atomic E-state index is 0.222. The number of rotatable bonds is 8. The average molecular weight is 381 g/mol. The summed E-state index contributed by atoms with van der Waals surface area (Å²) in [7, 11) is 1.68. The van der Waals surface area contributed by atoms with Gasteiger partial charge in [0.15, 0.2) is 0 Å². The van der Waals surface area contributed by atoms with Gasteiger partial charge >= 0.3 is 0 Å². The number of aromatic nitrogens is 1. The number of pyridine rings is 1. The molecule has 2 N–H and O–H groups in total. The van der Waals surface area contributed by atoms with Crippen LogP contribution in [0.15, 0.2) is 65.6 Å². The number of hydrogen-bond acceptors (Lipinski definition) is 5. The van der Waals surface area contributed by atoms with Gasteiger partial charge in [-0.15, -0.1) is 11.8 Å². The number of methoxy groups -OCH3 is 1. The third kappa shape index (κ3) is 5.02. The normalized spacial score (nSPS) is 10.7. The molecular formula is C22H24N2O2S. The maximum Gasteiger partial charge on any atom is 0.127 e. The van der Waals surface area contributed by atoms with Crippen LogP contribution in [-0.2, 0) is 4.74 Å². The molecule has 5 heteroatoms. The monoisotopic (exact) mass is 380 g/mol. The number of nitrogens with zero attached hydrogens (tertiary/aromatic N) is 1. The van der Waals surface area contributed by atoms with Crippen LogP contribution < -0.4 is 5.32 Å². The first-order valence-electron chi connectivity index (χ1n) is 8.97. The summed E-state index contributed by atoms with van der Waals surface area (Å²) in [6.07, 6.45) is 0. The molecule has 0 radical (unpaired) electrons. The largest absolute Gasteiger partial charge is 0.507 e. The van der Waals surface area contributed by atoms with Crippen LogP contribution in [0.1, 0.15) is 6.92 Å². The van der Waals surface area contributed by atoms with Gasteiger partial charge in [0.25, 0.3) is 0 Å². The van der Waals surface area contributed by atoms with E-state index in [1.54, 1.807) is 13.2 Å². The first-order chi connectivity index (χ1) is 13.2. The van der Waals surface area contributed by atoms with E-state index in [0.29, 0.717) is 18.7 Å². The summed E-state index contributed by atoms with van der Waals surface area (Å²) in [6.45, 7) is 3.41. The van der Waals surface area contributed by atoms with E-state index in [0.717, 1.165) is 28.4 Å². The van der Waals surface area contributed by atoms with Gasteiger partial charge in [-0.1, -0.05) is 31.2 Å².